The van der Waals surface area contributed by atoms with Crippen LogP contribution >= 0.6 is 0 Å². The second-order valence-corrected chi connectivity index (χ2v) is 9.23. The number of fused-ring (bicyclic) bond motifs is 2. The molecule has 0 spiro atoms. The lowest BCUT2D eigenvalue weighted by molar-refractivity contribution is 0.258. The molecule has 3 aromatic rings. The summed E-state index contributed by atoms with van der Waals surface area (Å²) in [5.41, 5.74) is 5.35. The van der Waals surface area contributed by atoms with Crippen LogP contribution in [-0.4, -0.2) is 37.5 Å². The zero-order chi connectivity index (χ0) is 25.1. The number of nitrogens with one attached hydrogen (secondary N) is 1. The summed E-state index contributed by atoms with van der Waals surface area (Å²) in [7, 11) is 0. The minimum atomic E-state index is -0.656. The predicted octanol–water partition coefficient (Wildman–Crippen LogP) is 3.95. The lowest BCUT2D eigenvalue weighted by atomic mass is 10.1. The van der Waals surface area contributed by atoms with E-state index < -0.39 is 11.2 Å². The van der Waals surface area contributed by atoms with Gasteiger partial charge >= 0.3 is 5.69 Å². The number of aromatic nitrogens is 4. The van der Waals surface area contributed by atoms with Crippen LogP contribution in [0.3, 0.4) is 0 Å². The van der Waals surface area contributed by atoms with Crippen LogP contribution < -0.4 is 11.2 Å². The summed E-state index contributed by atoms with van der Waals surface area (Å²) < 4.78 is 1.97. The summed E-state index contributed by atoms with van der Waals surface area (Å²) in [6.45, 7) is 7.04. The monoisotopic (exact) mass is 479 g/mol. The predicted molar refractivity (Wildman–Crippen MR) is 142 cm³/mol. The molecule has 182 valence electrons. The molecule has 2 aliphatic rings. The van der Waals surface area contributed by atoms with Crippen molar-refractivity contribution in [2.45, 2.75) is 33.4 Å². The molecule has 5 rings (SSSR count). The van der Waals surface area contributed by atoms with Gasteiger partial charge in [-0.15, -0.1) is 0 Å². The fourth-order valence-corrected chi connectivity index (χ4v) is 4.56. The maximum absolute atomic E-state index is 12.6. The molecule has 0 unspecified atom stereocenters. The van der Waals surface area contributed by atoms with Gasteiger partial charge in [-0.1, -0.05) is 60.7 Å². The molecule has 1 N–H and O–H groups in total. The van der Waals surface area contributed by atoms with Crippen LogP contribution in [0.1, 0.15) is 22.3 Å². The van der Waals surface area contributed by atoms with Gasteiger partial charge in [0.15, 0.2) is 11.5 Å². The van der Waals surface area contributed by atoms with E-state index in [0.717, 1.165) is 48.2 Å². The highest BCUT2D eigenvalue weighted by Crippen LogP contribution is 2.24. The van der Waals surface area contributed by atoms with E-state index in [-0.39, 0.29) is 5.69 Å². The number of hydrogen-bond donors (Lipinski definition) is 1. The highest BCUT2D eigenvalue weighted by molar-refractivity contribution is 5.81. The first-order valence-corrected chi connectivity index (χ1v) is 12.2. The number of rotatable bonds is 8. The smallest absolute Gasteiger partial charge is 0.321 e. The van der Waals surface area contributed by atoms with Gasteiger partial charge in [-0.25, -0.2) is 9.78 Å². The Morgan fingerprint density at radius 2 is 1.50 bits per heavy atom. The molecule has 0 saturated heterocycles. The number of hydrogen-bond acceptors (Lipinski definition) is 5. The van der Waals surface area contributed by atoms with Gasteiger partial charge in [0.25, 0.3) is 5.56 Å². The van der Waals surface area contributed by atoms with Crippen molar-refractivity contribution in [3.05, 3.63) is 116 Å². The van der Waals surface area contributed by atoms with Crippen molar-refractivity contribution in [2.75, 3.05) is 13.1 Å². The number of benzene rings is 3. The van der Waals surface area contributed by atoms with Crippen LogP contribution in [0.4, 0.5) is 0 Å². The molecule has 0 aromatic heterocycles. The first kappa shape index (κ1) is 23.6. The van der Waals surface area contributed by atoms with E-state index in [9.17, 15) is 9.59 Å². The Morgan fingerprint density at radius 3 is 2.22 bits per heavy atom. The summed E-state index contributed by atoms with van der Waals surface area (Å²) in [6.07, 6.45) is 0.928. The van der Waals surface area contributed by atoms with Crippen molar-refractivity contribution in [3.8, 4) is 11.5 Å². The minimum Gasteiger partial charge on any atom is -0.321 e. The first-order valence-electron chi connectivity index (χ1n) is 12.2. The summed E-state index contributed by atoms with van der Waals surface area (Å²) >= 11 is 0. The number of H-pyrrole nitrogens is 1. The molecule has 7 heteroatoms. The van der Waals surface area contributed by atoms with E-state index in [1.54, 1.807) is 0 Å². The van der Waals surface area contributed by atoms with Crippen LogP contribution in [0.2, 0.25) is 0 Å². The summed E-state index contributed by atoms with van der Waals surface area (Å²) in [6, 6.07) is 24.9. The number of nitrogens with zero attached hydrogens (tertiary/aromatic N) is 4. The van der Waals surface area contributed by atoms with Gasteiger partial charge in [-0.3, -0.25) is 14.7 Å². The fourth-order valence-electron chi connectivity index (χ4n) is 4.56. The van der Waals surface area contributed by atoms with Gasteiger partial charge in [-0.2, -0.15) is 4.98 Å². The van der Waals surface area contributed by atoms with Crippen molar-refractivity contribution in [3.63, 3.8) is 0 Å². The Hall–Kier alpha value is -4.10. The zero-order valence-electron chi connectivity index (χ0n) is 20.6. The second kappa shape index (κ2) is 10.3. The third-order valence-electron chi connectivity index (χ3n) is 6.67. The Kier molecular flexibility index (Phi) is 6.73. The molecule has 0 amide bonds. The van der Waals surface area contributed by atoms with Crippen LogP contribution in [0.5, 0.6) is 0 Å². The fraction of sp³-hybridized carbons (Fsp3) is 0.241. The Balaban J connectivity index is 1.51. The van der Waals surface area contributed by atoms with Crippen molar-refractivity contribution in [1.82, 2.24) is 24.4 Å². The lowest BCUT2D eigenvalue weighted by Gasteiger charge is -2.25. The average molecular weight is 480 g/mol. The van der Waals surface area contributed by atoms with Crippen molar-refractivity contribution in [2.24, 2.45) is 0 Å². The number of aromatic amines is 1. The molecule has 0 bridgehead atoms. The van der Waals surface area contributed by atoms with Crippen LogP contribution in [0.25, 0.3) is 22.6 Å². The van der Waals surface area contributed by atoms with Crippen LogP contribution in [0.15, 0.2) is 82.4 Å². The Morgan fingerprint density at radius 1 is 0.833 bits per heavy atom. The zero-order valence-corrected chi connectivity index (χ0v) is 20.6. The van der Waals surface area contributed by atoms with Gasteiger partial charge in [-0.05, 0) is 54.7 Å². The molecule has 2 heterocycles. The van der Waals surface area contributed by atoms with Gasteiger partial charge in [0.05, 0.1) is 11.0 Å². The summed E-state index contributed by atoms with van der Waals surface area (Å²) in [5.74, 6) is 0.322. The molecular formula is C29H29N5O2. The highest BCUT2D eigenvalue weighted by Gasteiger charge is 2.20. The maximum atomic E-state index is 12.6. The number of aryl methyl sites for hydroxylation is 2. The molecule has 3 aromatic carbocycles. The van der Waals surface area contributed by atoms with E-state index in [0.29, 0.717) is 12.4 Å². The topological polar surface area (TPSA) is 83.9 Å². The molecule has 0 aliphatic carbocycles. The molecule has 0 atom stereocenters. The molecule has 0 fully saturated rings. The van der Waals surface area contributed by atoms with E-state index in [2.05, 4.69) is 81.4 Å². The third-order valence-corrected chi connectivity index (χ3v) is 6.67. The average Bonchev–Trinajstić information content (AvgIpc) is 2.87. The maximum Gasteiger partial charge on any atom is 0.349 e. The lowest BCUT2D eigenvalue weighted by Crippen LogP contribution is -2.32. The molecule has 0 saturated carbocycles. The van der Waals surface area contributed by atoms with E-state index >= 15 is 0 Å². The highest BCUT2D eigenvalue weighted by atomic mass is 16.2. The molecular weight excluding hydrogens is 450 g/mol. The Labute approximate surface area is 209 Å². The van der Waals surface area contributed by atoms with Gasteiger partial charge in [0, 0.05) is 26.2 Å². The van der Waals surface area contributed by atoms with Crippen molar-refractivity contribution in [1.29, 1.82) is 0 Å². The van der Waals surface area contributed by atoms with E-state index in [4.69, 9.17) is 0 Å². The molecule has 7 nitrogen and oxygen atoms in total. The van der Waals surface area contributed by atoms with Crippen molar-refractivity contribution < 1.29 is 0 Å². The second-order valence-electron chi connectivity index (χ2n) is 9.23. The van der Waals surface area contributed by atoms with E-state index in [1.165, 1.54) is 11.1 Å². The van der Waals surface area contributed by atoms with Gasteiger partial charge in [0.1, 0.15) is 0 Å². The van der Waals surface area contributed by atoms with Crippen LogP contribution in [-0.2, 0) is 19.5 Å². The van der Waals surface area contributed by atoms with Gasteiger partial charge < -0.3 is 4.57 Å². The quantitative estimate of drug-likeness (QED) is 0.341. The molecule has 0 radical (unpaired) electrons. The molecule has 2 aliphatic heterocycles. The third kappa shape index (κ3) is 5.11. The SMILES string of the molecule is Cc1cc2nc3c(=O)[nH]c(=O)nc-3n(CCN(CCc3ccccc3)Cc3ccccc3)c2cc1C. The van der Waals surface area contributed by atoms with Crippen LogP contribution in [0, 0.1) is 13.8 Å². The van der Waals surface area contributed by atoms with Crippen molar-refractivity contribution >= 4 is 11.0 Å². The normalized spacial score (nSPS) is 11.5. The minimum absolute atomic E-state index is 0.184. The largest absolute Gasteiger partial charge is 0.349 e. The standard InChI is InChI=1S/C29H29N5O2/c1-20-17-24-25(18-21(20)2)34(27-26(30-24)28(35)32-29(36)31-27)16-15-33(19-23-11-7-4-8-12-23)14-13-22-9-5-3-6-10-22/h3-12,17-18H,13-16,19H2,1-2H3,(H,32,35,36). The van der Waals surface area contributed by atoms with Gasteiger partial charge in [0.2, 0.25) is 0 Å². The molecule has 36 heavy (non-hydrogen) atoms. The van der Waals surface area contributed by atoms with E-state index in [1.807, 2.05) is 29.7 Å². The first-order chi connectivity index (χ1) is 17.5. The summed E-state index contributed by atoms with van der Waals surface area (Å²) in [4.78, 5) is 38.1. The summed E-state index contributed by atoms with van der Waals surface area (Å²) in [5, 5.41) is 0. The Bertz CT molecular complexity index is 1580.